The number of nitrogen functional groups attached to an aromatic ring is 1. The van der Waals surface area contributed by atoms with Gasteiger partial charge in [0.2, 0.25) is 5.95 Å². The van der Waals surface area contributed by atoms with E-state index in [0.717, 1.165) is 0 Å². The molecule has 1 aromatic heterocycles. The average Bonchev–Trinajstić information content (AvgIpc) is 2.39. The van der Waals surface area contributed by atoms with Gasteiger partial charge < -0.3 is 5.73 Å². The number of anilines is 1. The molecule has 94 valence electrons. The third kappa shape index (κ3) is 2.16. The molecule has 0 amide bonds. The predicted molar refractivity (Wildman–Crippen MR) is 69.7 cm³/mol. The predicted octanol–water partition coefficient (Wildman–Crippen LogP) is 1.55. The van der Waals surface area contributed by atoms with Crippen LogP contribution in [-0.2, 0) is 0 Å². The van der Waals surface area contributed by atoms with Gasteiger partial charge in [-0.1, -0.05) is 0 Å². The third-order valence-corrected chi connectivity index (χ3v) is 3.14. The molecule has 0 bridgehead atoms. The van der Waals surface area contributed by atoms with Crippen molar-refractivity contribution in [3.05, 3.63) is 29.2 Å². The number of nitrogens with zero attached hydrogens (tertiary/aromatic N) is 5. The SMILES string of the molecule is CC1=NC(C)=C(C#N)C(c2cnc(N)nc2)C1C#N. The third-order valence-electron chi connectivity index (χ3n) is 3.14. The van der Waals surface area contributed by atoms with E-state index in [4.69, 9.17) is 5.73 Å². The van der Waals surface area contributed by atoms with Crippen molar-refractivity contribution in [2.24, 2.45) is 10.9 Å². The number of rotatable bonds is 1. The fourth-order valence-corrected chi connectivity index (χ4v) is 2.21. The maximum absolute atomic E-state index is 9.32. The van der Waals surface area contributed by atoms with E-state index in [-0.39, 0.29) is 11.9 Å². The molecule has 0 aliphatic carbocycles. The molecular formula is C13H12N6. The summed E-state index contributed by atoms with van der Waals surface area (Å²) in [7, 11) is 0. The topological polar surface area (TPSA) is 112 Å². The molecule has 1 aliphatic rings. The van der Waals surface area contributed by atoms with E-state index in [0.29, 0.717) is 22.5 Å². The summed E-state index contributed by atoms with van der Waals surface area (Å²) < 4.78 is 0. The minimum Gasteiger partial charge on any atom is -0.368 e. The molecule has 6 heteroatoms. The van der Waals surface area contributed by atoms with Crippen LogP contribution in [0.2, 0.25) is 0 Å². The molecule has 0 fully saturated rings. The van der Waals surface area contributed by atoms with Crippen molar-refractivity contribution in [2.45, 2.75) is 19.8 Å². The summed E-state index contributed by atoms with van der Waals surface area (Å²) in [6, 6.07) is 4.34. The quantitative estimate of drug-likeness (QED) is 0.814. The van der Waals surface area contributed by atoms with Crippen molar-refractivity contribution in [1.82, 2.24) is 9.97 Å². The Bertz CT molecular complexity index is 641. The summed E-state index contributed by atoms with van der Waals surface area (Å²) in [5.74, 6) is -0.698. The first-order valence-electron chi connectivity index (χ1n) is 5.71. The minimum absolute atomic E-state index is 0.165. The molecule has 0 saturated heterocycles. The number of aliphatic imine (C=N–C) groups is 1. The molecule has 0 saturated carbocycles. The van der Waals surface area contributed by atoms with Gasteiger partial charge in [-0.25, -0.2) is 9.97 Å². The highest BCUT2D eigenvalue weighted by atomic mass is 15.0. The Morgan fingerprint density at radius 3 is 2.37 bits per heavy atom. The van der Waals surface area contributed by atoms with Crippen LogP contribution >= 0.6 is 0 Å². The average molecular weight is 252 g/mol. The number of hydrogen-bond acceptors (Lipinski definition) is 6. The van der Waals surface area contributed by atoms with Crippen LogP contribution in [0, 0.1) is 28.6 Å². The van der Waals surface area contributed by atoms with E-state index in [1.165, 1.54) is 0 Å². The Labute approximate surface area is 110 Å². The van der Waals surface area contributed by atoms with E-state index in [9.17, 15) is 10.5 Å². The molecule has 1 aliphatic heterocycles. The molecule has 1 aromatic rings. The number of allylic oxidation sites excluding steroid dienone is 2. The van der Waals surface area contributed by atoms with Crippen LogP contribution in [0.1, 0.15) is 25.3 Å². The lowest BCUT2D eigenvalue weighted by molar-refractivity contribution is 0.697. The van der Waals surface area contributed by atoms with E-state index in [2.05, 4.69) is 27.1 Å². The monoisotopic (exact) mass is 252 g/mol. The van der Waals surface area contributed by atoms with Gasteiger partial charge in [0.1, 0.15) is 0 Å². The highest BCUT2D eigenvalue weighted by Crippen LogP contribution is 2.37. The van der Waals surface area contributed by atoms with Gasteiger partial charge in [0.05, 0.1) is 29.3 Å². The van der Waals surface area contributed by atoms with E-state index in [1.54, 1.807) is 26.2 Å². The maximum atomic E-state index is 9.32. The second-order valence-corrected chi connectivity index (χ2v) is 4.32. The Hall–Kier alpha value is -2.73. The van der Waals surface area contributed by atoms with Crippen molar-refractivity contribution >= 4 is 11.7 Å². The highest BCUT2D eigenvalue weighted by Gasteiger charge is 2.34. The summed E-state index contributed by atoms with van der Waals surface area (Å²) in [6.07, 6.45) is 3.11. The van der Waals surface area contributed by atoms with Gasteiger partial charge in [-0.15, -0.1) is 0 Å². The van der Waals surface area contributed by atoms with Gasteiger partial charge in [0.15, 0.2) is 0 Å². The summed E-state index contributed by atoms with van der Waals surface area (Å²) in [6.45, 7) is 3.55. The molecule has 2 N–H and O–H groups in total. The fourth-order valence-electron chi connectivity index (χ4n) is 2.21. The molecule has 6 nitrogen and oxygen atoms in total. The van der Waals surface area contributed by atoms with Crippen LogP contribution in [0.5, 0.6) is 0 Å². The van der Waals surface area contributed by atoms with Crippen LogP contribution in [0.25, 0.3) is 0 Å². The lowest BCUT2D eigenvalue weighted by Crippen LogP contribution is -2.25. The van der Waals surface area contributed by atoms with Gasteiger partial charge in [0.25, 0.3) is 0 Å². The first-order valence-corrected chi connectivity index (χ1v) is 5.71. The van der Waals surface area contributed by atoms with Crippen LogP contribution in [0.4, 0.5) is 5.95 Å². The van der Waals surface area contributed by atoms with E-state index in [1.807, 2.05) is 0 Å². The van der Waals surface area contributed by atoms with Crippen LogP contribution < -0.4 is 5.73 Å². The summed E-state index contributed by atoms with van der Waals surface area (Å²) in [5, 5.41) is 18.6. The van der Waals surface area contributed by atoms with Crippen molar-refractivity contribution in [1.29, 1.82) is 10.5 Å². The van der Waals surface area contributed by atoms with Crippen molar-refractivity contribution < 1.29 is 0 Å². The molecule has 2 heterocycles. The molecule has 0 aromatic carbocycles. The fraction of sp³-hybridized carbons (Fsp3) is 0.308. The largest absolute Gasteiger partial charge is 0.368 e. The molecule has 2 rings (SSSR count). The number of nitriles is 2. The van der Waals surface area contributed by atoms with Crippen LogP contribution in [0.15, 0.2) is 28.7 Å². The standard InChI is InChI=1S/C13H12N6/c1-7-10(3-14)12(11(4-15)8(2)19-7)9-5-17-13(16)18-6-9/h5-6,10,12H,1-2H3,(H2,16,17,18). The Morgan fingerprint density at radius 1 is 1.21 bits per heavy atom. The van der Waals surface area contributed by atoms with Crippen LogP contribution in [0.3, 0.4) is 0 Å². The molecule has 19 heavy (non-hydrogen) atoms. The lowest BCUT2D eigenvalue weighted by Gasteiger charge is -2.26. The Kier molecular flexibility index (Phi) is 3.26. The van der Waals surface area contributed by atoms with Gasteiger partial charge in [-0.05, 0) is 19.4 Å². The molecule has 2 unspecified atom stereocenters. The lowest BCUT2D eigenvalue weighted by atomic mass is 9.78. The maximum Gasteiger partial charge on any atom is 0.219 e. The number of nitrogens with two attached hydrogens (primary N) is 1. The molecule has 2 atom stereocenters. The zero-order chi connectivity index (χ0) is 14.0. The van der Waals surface area contributed by atoms with E-state index >= 15 is 0 Å². The smallest absolute Gasteiger partial charge is 0.219 e. The first kappa shape index (κ1) is 12.7. The van der Waals surface area contributed by atoms with Crippen molar-refractivity contribution in [3.63, 3.8) is 0 Å². The Morgan fingerprint density at radius 2 is 1.84 bits per heavy atom. The van der Waals surface area contributed by atoms with Crippen LogP contribution in [-0.4, -0.2) is 15.7 Å². The van der Waals surface area contributed by atoms with Gasteiger partial charge >= 0.3 is 0 Å². The molecular weight excluding hydrogens is 240 g/mol. The summed E-state index contributed by atoms with van der Waals surface area (Å²) >= 11 is 0. The van der Waals surface area contributed by atoms with Gasteiger partial charge in [-0.3, -0.25) is 4.99 Å². The van der Waals surface area contributed by atoms with E-state index < -0.39 is 5.92 Å². The van der Waals surface area contributed by atoms with Crippen molar-refractivity contribution in [2.75, 3.05) is 5.73 Å². The van der Waals surface area contributed by atoms with Gasteiger partial charge in [-0.2, -0.15) is 10.5 Å². The minimum atomic E-state index is -0.481. The number of aromatic nitrogens is 2. The van der Waals surface area contributed by atoms with Gasteiger partial charge in [0, 0.05) is 24.0 Å². The second-order valence-electron chi connectivity index (χ2n) is 4.32. The van der Waals surface area contributed by atoms with Crippen molar-refractivity contribution in [3.8, 4) is 12.1 Å². The number of hydrogen-bond donors (Lipinski definition) is 1. The Balaban J connectivity index is 2.58. The zero-order valence-electron chi connectivity index (χ0n) is 10.6. The molecule has 0 spiro atoms. The zero-order valence-corrected chi connectivity index (χ0v) is 10.6. The highest BCUT2D eigenvalue weighted by molar-refractivity contribution is 5.90. The molecule has 0 radical (unpaired) electrons. The second kappa shape index (κ2) is 4.87. The normalized spacial score (nSPS) is 22.4. The summed E-state index contributed by atoms with van der Waals surface area (Å²) in [5.41, 5.74) is 7.96. The summed E-state index contributed by atoms with van der Waals surface area (Å²) in [4.78, 5) is 12.1. The first-order chi connectivity index (χ1) is 9.08.